The number of hydrogen-bond acceptors (Lipinski definition) is 6. The summed E-state index contributed by atoms with van der Waals surface area (Å²) in [5.41, 5.74) is 3.52. The number of aryl methyl sites for hydroxylation is 1. The molecule has 0 N–H and O–H groups in total. The molecule has 43 heavy (non-hydrogen) atoms. The average Bonchev–Trinajstić information content (AvgIpc) is 3.28. The molecule has 2 fully saturated rings. The molecule has 1 aliphatic heterocycles. The Kier molecular flexibility index (Phi) is 7.92. The van der Waals surface area contributed by atoms with Gasteiger partial charge in [0.1, 0.15) is 0 Å². The number of fused-ring (bicyclic) bond motifs is 2. The SMILES string of the molecule is Cc1c(Cl)c(Br)cc2c(C(=O)OC(C)C(=O)c3ccccc3)cc(-c3ccc(N4C(=O)C5CCCCC5C4=O)cc3)nc12. The number of esters is 1. The number of halogens is 2. The second-order valence-corrected chi connectivity index (χ2v) is 12.3. The number of rotatable bonds is 6. The van der Waals surface area contributed by atoms with Gasteiger partial charge >= 0.3 is 5.97 Å². The summed E-state index contributed by atoms with van der Waals surface area (Å²) in [5.74, 6) is -1.72. The van der Waals surface area contributed by atoms with E-state index in [1.807, 2.05) is 13.0 Å². The Morgan fingerprint density at radius 1 is 0.977 bits per heavy atom. The number of nitrogens with zero attached hydrogens (tertiary/aromatic N) is 2. The number of imide groups is 1. The molecule has 1 aliphatic carbocycles. The van der Waals surface area contributed by atoms with Crippen molar-refractivity contribution in [2.75, 3.05) is 4.90 Å². The van der Waals surface area contributed by atoms with Crippen LogP contribution in [0.15, 0.2) is 71.2 Å². The molecular formula is C34H28BrClN2O5. The van der Waals surface area contributed by atoms with Crippen LogP contribution in [0.25, 0.3) is 22.2 Å². The Bertz CT molecular complexity index is 1770. The molecule has 2 amide bonds. The molecule has 9 heteroatoms. The van der Waals surface area contributed by atoms with Gasteiger partial charge in [-0.1, -0.05) is 66.9 Å². The van der Waals surface area contributed by atoms with Gasteiger partial charge < -0.3 is 4.74 Å². The van der Waals surface area contributed by atoms with Crippen molar-refractivity contribution in [3.8, 4) is 11.3 Å². The quantitative estimate of drug-likeness (QED) is 0.119. The first-order valence-corrected chi connectivity index (χ1v) is 15.4. The van der Waals surface area contributed by atoms with E-state index < -0.39 is 12.1 Å². The van der Waals surface area contributed by atoms with Crippen molar-refractivity contribution in [1.29, 1.82) is 0 Å². The van der Waals surface area contributed by atoms with E-state index in [0.29, 0.717) is 48.5 Å². The molecule has 1 aromatic heterocycles. The van der Waals surface area contributed by atoms with Crippen molar-refractivity contribution in [1.82, 2.24) is 4.98 Å². The topological polar surface area (TPSA) is 93.6 Å². The number of aromatic nitrogens is 1. The van der Waals surface area contributed by atoms with Crippen molar-refractivity contribution in [3.63, 3.8) is 0 Å². The van der Waals surface area contributed by atoms with Gasteiger partial charge in [-0.2, -0.15) is 0 Å². The van der Waals surface area contributed by atoms with E-state index in [1.165, 1.54) is 4.90 Å². The van der Waals surface area contributed by atoms with Crippen molar-refractivity contribution in [3.05, 3.63) is 92.9 Å². The molecule has 2 aliphatic rings. The van der Waals surface area contributed by atoms with Gasteiger partial charge in [0.2, 0.25) is 17.6 Å². The maximum Gasteiger partial charge on any atom is 0.339 e. The van der Waals surface area contributed by atoms with Gasteiger partial charge in [0.15, 0.2) is 6.10 Å². The molecule has 1 saturated heterocycles. The van der Waals surface area contributed by atoms with E-state index >= 15 is 0 Å². The molecular weight excluding hydrogens is 632 g/mol. The van der Waals surface area contributed by atoms with Crippen molar-refractivity contribution >= 4 is 67.7 Å². The molecule has 7 nitrogen and oxygen atoms in total. The predicted octanol–water partition coefficient (Wildman–Crippen LogP) is 7.73. The lowest BCUT2D eigenvalue weighted by Crippen LogP contribution is -2.30. The molecule has 3 atom stereocenters. The van der Waals surface area contributed by atoms with E-state index in [1.54, 1.807) is 67.6 Å². The Morgan fingerprint density at radius 3 is 2.23 bits per heavy atom. The van der Waals surface area contributed by atoms with Crippen LogP contribution in [-0.2, 0) is 14.3 Å². The lowest BCUT2D eigenvalue weighted by atomic mass is 9.81. The van der Waals surface area contributed by atoms with Gasteiger partial charge in [0, 0.05) is 21.0 Å². The fourth-order valence-electron chi connectivity index (χ4n) is 6.09. The van der Waals surface area contributed by atoms with Crippen molar-refractivity contribution < 1.29 is 23.9 Å². The van der Waals surface area contributed by atoms with Gasteiger partial charge in [-0.25, -0.2) is 9.78 Å². The number of pyridine rings is 1. The highest BCUT2D eigenvalue weighted by Crippen LogP contribution is 2.41. The summed E-state index contributed by atoms with van der Waals surface area (Å²) in [4.78, 5) is 58.9. The van der Waals surface area contributed by atoms with Crippen LogP contribution in [0.2, 0.25) is 5.02 Å². The van der Waals surface area contributed by atoms with Crippen molar-refractivity contribution in [2.24, 2.45) is 11.8 Å². The maximum absolute atomic E-state index is 13.6. The minimum atomic E-state index is -1.02. The normalized spacial score (nSPS) is 18.9. The second-order valence-electron chi connectivity index (χ2n) is 11.1. The minimum absolute atomic E-state index is 0.133. The molecule has 3 unspecified atom stereocenters. The number of ketones is 1. The number of hydrogen-bond donors (Lipinski definition) is 0. The van der Waals surface area contributed by atoms with Crippen LogP contribution >= 0.6 is 27.5 Å². The third kappa shape index (κ3) is 5.27. The highest BCUT2D eigenvalue weighted by atomic mass is 79.9. The summed E-state index contributed by atoms with van der Waals surface area (Å²) in [6, 6.07) is 19.0. The first-order chi connectivity index (χ1) is 20.7. The monoisotopic (exact) mass is 658 g/mol. The van der Waals surface area contributed by atoms with Crippen LogP contribution in [0.1, 0.15) is 58.9 Å². The number of amides is 2. The molecule has 2 heterocycles. The van der Waals surface area contributed by atoms with Gasteiger partial charge in [-0.05, 0) is 72.4 Å². The number of carbonyl (C=O) groups is 4. The standard InChI is InChI=1S/C34H28BrClN2O5/c1-18-29(36)27(35)16-25-26(34(42)43-19(2)31(39)21-8-4-3-5-9-21)17-28(37-30(18)25)20-12-14-22(15-13-20)38-32(40)23-10-6-7-11-24(23)33(38)41/h3-5,8-9,12-17,19,23-24H,6-7,10-11H2,1-2H3. The van der Waals surface area contributed by atoms with Crippen LogP contribution < -0.4 is 4.90 Å². The van der Waals surface area contributed by atoms with Crippen molar-refractivity contribution in [2.45, 2.75) is 45.6 Å². The minimum Gasteiger partial charge on any atom is -0.451 e. The summed E-state index contributed by atoms with van der Waals surface area (Å²) >= 11 is 10.0. The van der Waals surface area contributed by atoms with Crippen LogP contribution in [0.5, 0.6) is 0 Å². The molecule has 3 aromatic carbocycles. The fraction of sp³-hybridized carbons (Fsp3) is 0.265. The lowest BCUT2D eigenvalue weighted by molar-refractivity contribution is -0.122. The molecule has 218 valence electrons. The summed E-state index contributed by atoms with van der Waals surface area (Å²) in [5, 5.41) is 0.987. The summed E-state index contributed by atoms with van der Waals surface area (Å²) < 4.78 is 6.27. The van der Waals surface area contributed by atoms with E-state index in [9.17, 15) is 19.2 Å². The first kappa shape index (κ1) is 29.2. The van der Waals surface area contributed by atoms with Crippen LogP contribution in [0, 0.1) is 18.8 Å². The van der Waals surface area contributed by atoms with E-state index in [0.717, 1.165) is 25.7 Å². The second kappa shape index (κ2) is 11.7. The Morgan fingerprint density at radius 2 is 1.60 bits per heavy atom. The molecule has 4 aromatic rings. The summed E-state index contributed by atoms with van der Waals surface area (Å²) in [7, 11) is 0. The van der Waals surface area contributed by atoms with E-state index in [4.69, 9.17) is 21.3 Å². The molecule has 6 rings (SSSR count). The third-order valence-corrected chi connectivity index (χ3v) is 9.76. The Labute approximate surface area is 262 Å². The van der Waals surface area contributed by atoms with Crippen LogP contribution in [0.4, 0.5) is 5.69 Å². The van der Waals surface area contributed by atoms with E-state index in [2.05, 4.69) is 15.9 Å². The molecule has 0 bridgehead atoms. The Balaban J connectivity index is 1.36. The van der Waals surface area contributed by atoms with Crippen LogP contribution in [0.3, 0.4) is 0 Å². The van der Waals surface area contributed by atoms with E-state index in [-0.39, 0.29) is 35.0 Å². The highest BCUT2D eigenvalue weighted by Gasteiger charge is 2.48. The number of ether oxygens (including phenoxy) is 1. The zero-order chi connectivity index (χ0) is 30.4. The smallest absolute Gasteiger partial charge is 0.339 e. The number of anilines is 1. The zero-order valence-corrected chi connectivity index (χ0v) is 25.9. The zero-order valence-electron chi connectivity index (χ0n) is 23.6. The molecule has 1 saturated carbocycles. The van der Waals surface area contributed by atoms with Gasteiger partial charge in [0.25, 0.3) is 0 Å². The lowest BCUT2D eigenvalue weighted by Gasteiger charge is -2.19. The summed E-state index contributed by atoms with van der Waals surface area (Å²) in [6.45, 7) is 3.36. The Hall–Kier alpha value is -3.88. The first-order valence-electron chi connectivity index (χ1n) is 14.2. The average molecular weight is 660 g/mol. The van der Waals surface area contributed by atoms with Crippen LogP contribution in [-0.4, -0.2) is 34.7 Å². The van der Waals surface area contributed by atoms with Gasteiger partial charge in [-0.15, -0.1) is 0 Å². The number of benzene rings is 3. The largest absolute Gasteiger partial charge is 0.451 e. The predicted molar refractivity (Wildman–Crippen MR) is 168 cm³/mol. The maximum atomic E-state index is 13.6. The highest BCUT2D eigenvalue weighted by molar-refractivity contribution is 9.10. The number of Topliss-reactive ketones (excluding diaryl/α,β-unsaturated/α-hetero) is 1. The number of carbonyl (C=O) groups excluding carboxylic acids is 4. The molecule has 0 radical (unpaired) electrons. The molecule has 0 spiro atoms. The third-order valence-electron chi connectivity index (χ3n) is 8.42. The van der Waals surface area contributed by atoms with Gasteiger partial charge in [0.05, 0.1) is 39.3 Å². The fourth-order valence-corrected chi connectivity index (χ4v) is 6.76. The summed E-state index contributed by atoms with van der Waals surface area (Å²) in [6.07, 6.45) is 2.40. The van der Waals surface area contributed by atoms with Gasteiger partial charge in [-0.3, -0.25) is 19.3 Å².